The fraction of sp³-hybridized carbons (Fsp3) is 0.259. The van der Waals surface area contributed by atoms with Crippen molar-refractivity contribution in [1.29, 1.82) is 0 Å². The van der Waals surface area contributed by atoms with Gasteiger partial charge in [0, 0.05) is 35.5 Å². The van der Waals surface area contributed by atoms with Crippen LogP contribution in [0.1, 0.15) is 36.2 Å². The second kappa shape index (κ2) is 12.6. The molecule has 0 aromatic heterocycles. The number of nitrogens with zero attached hydrogens (tertiary/aromatic N) is 1. The van der Waals surface area contributed by atoms with Crippen molar-refractivity contribution < 1.29 is 60.5 Å². The molecule has 0 unspecified atom stereocenters. The average Bonchev–Trinajstić information content (AvgIpc) is 3.22. The van der Waals surface area contributed by atoms with Crippen molar-refractivity contribution in [3.63, 3.8) is 0 Å². The Morgan fingerprint density at radius 1 is 1.12 bits per heavy atom. The predicted molar refractivity (Wildman–Crippen MR) is 155 cm³/mol. The number of halogens is 1. The number of alkyl halides is 1. The second-order valence-electron chi connectivity index (χ2n) is 9.54. The quantitative estimate of drug-likeness (QED) is 0.106. The summed E-state index contributed by atoms with van der Waals surface area (Å²) in [5.41, 5.74) is 1.60. The van der Waals surface area contributed by atoms with Gasteiger partial charge >= 0.3 is 29.6 Å². The van der Waals surface area contributed by atoms with Gasteiger partial charge in [0.2, 0.25) is 21.5 Å². The van der Waals surface area contributed by atoms with Crippen molar-refractivity contribution in [2.45, 2.75) is 35.5 Å². The minimum atomic E-state index is -4.66. The summed E-state index contributed by atoms with van der Waals surface area (Å²) in [6, 6.07) is 10.3. The van der Waals surface area contributed by atoms with Gasteiger partial charge in [-0.1, -0.05) is 60.7 Å². The normalized spacial score (nSPS) is 19.1. The van der Waals surface area contributed by atoms with Gasteiger partial charge in [-0.05, 0) is 54.5 Å². The molecule has 0 saturated heterocycles. The van der Waals surface area contributed by atoms with Gasteiger partial charge in [-0.3, -0.25) is 9.59 Å². The molecule has 4 rings (SSSR count). The number of sulfone groups is 1. The van der Waals surface area contributed by atoms with E-state index in [1.54, 1.807) is 30.4 Å². The Bertz CT molecular complexity index is 1660. The number of hydrogen-bond acceptors (Lipinski definition) is 8. The first-order chi connectivity index (χ1) is 18.3. The fourth-order valence-corrected chi connectivity index (χ4v) is 7.10. The number of rotatable bonds is 8. The third kappa shape index (κ3) is 6.32. The van der Waals surface area contributed by atoms with Crippen LogP contribution in [0.4, 0.5) is 5.69 Å². The van der Waals surface area contributed by atoms with Gasteiger partial charge in [-0.25, -0.2) is 16.8 Å². The predicted octanol–water partition coefficient (Wildman–Crippen LogP) is 0.628. The molecule has 0 saturated carbocycles. The molecule has 1 N–H and O–H groups in total. The van der Waals surface area contributed by atoms with Gasteiger partial charge in [0.25, 0.3) is 0 Å². The average molecular weight is 705 g/mol. The number of Topliss-reactive ketones (excluding diaryl/α,β-unsaturated/α-hetero) is 1. The summed E-state index contributed by atoms with van der Waals surface area (Å²) in [5.74, 6) is -0.633. The molecule has 2 aliphatic heterocycles. The zero-order chi connectivity index (χ0) is 28.6. The van der Waals surface area contributed by atoms with E-state index in [1.165, 1.54) is 36.4 Å². The molecule has 0 fully saturated rings. The first-order valence-corrected chi connectivity index (χ1v) is 16.4. The Kier molecular flexibility index (Phi) is 10.3. The van der Waals surface area contributed by atoms with Gasteiger partial charge < -0.3 is 14.8 Å². The molecule has 2 aliphatic rings. The molecule has 0 spiro atoms. The monoisotopic (exact) mass is 704 g/mol. The first-order valence-electron chi connectivity index (χ1n) is 12.0. The van der Waals surface area contributed by atoms with Crippen LogP contribution >= 0.6 is 22.6 Å². The van der Waals surface area contributed by atoms with Crippen LogP contribution in [-0.4, -0.2) is 50.6 Å². The Morgan fingerprint density at radius 2 is 1.80 bits per heavy atom. The zero-order valence-corrected chi connectivity index (χ0v) is 28.0. The molecule has 0 atom stereocenters. The van der Waals surface area contributed by atoms with Gasteiger partial charge in [-0.2, -0.15) is 0 Å². The Balaban J connectivity index is 0.00000441. The Morgan fingerprint density at radius 3 is 2.45 bits per heavy atom. The van der Waals surface area contributed by atoms with E-state index in [0.717, 1.165) is 11.4 Å². The van der Waals surface area contributed by atoms with E-state index in [1.807, 2.05) is 41.3 Å². The molecular formula is C27H26IN2NaO7S2. The van der Waals surface area contributed by atoms with Crippen LogP contribution in [-0.2, 0) is 30.2 Å². The van der Waals surface area contributed by atoms with Gasteiger partial charge in [0.15, 0.2) is 0 Å². The standard InChI is InChI=1S/C27H27IN2O7S2.Na/c1-27(2)20-16-18(39(35,36)37)12-13-21(20)30(15-7-14-29-25(31)17-28)24(27)11-6-5-10-23-26(32)19-8-3-4-9-22(19)38(23,33)34;/h3-6,8-13,16H,7,14-15,17H2,1-2H3,(H,29,31)(H,35,36,37);/q;+1/p-1/b6-5+,23-10-,24-11+;. The summed E-state index contributed by atoms with van der Waals surface area (Å²) in [5, 5.41) is 2.82. The molecule has 2 heterocycles. The van der Waals surface area contributed by atoms with Crippen LogP contribution in [0.25, 0.3) is 0 Å². The molecule has 13 heteroatoms. The maximum atomic E-state index is 12.8. The van der Waals surface area contributed by atoms with E-state index in [0.29, 0.717) is 29.5 Å². The number of anilines is 1. The van der Waals surface area contributed by atoms with Crippen molar-refractivity contribution in [1.82, 2.24) is 5.32 Å². The maximum absolute atomic E-state index is 12.8. The van der Waals surface area contributed by atoms with Gasteiger partial charge in [0.1, 0.15) is 15.0 Å². The molecule has 2 aromatic rings. The Hall–Kier alpha value is -1.81. The van der Waals surface area contributed by atoms with Crippen molar-refractivity contribution in [2.24, 2.45) is 0 Å². The van der Waals surface area contributed by atoms with Crippen molar-refractivity contribution in [3.8, 4) is 0 Å². The molecule has 40 heavy (non-hydrogen) atoms. The molecule has 0 aliphatic carbocycles. The van der Waals surface area contributed by atoms with E-state index in [4.69, 9.17) is 0 Å². The summed E-state index contributed by atoms with van der Waals surface area (Å²) in [7, 11) is -8.57. The summed E-state index contributed by atoms with van der Waals surface area (Å²) in [6.07, 6.45) is 6.74. The molecule has 2 aromatic carbocycles. The molecule has 0 radical (unpaired) electrons. The summed E-state index contributed by atoms with van der Waals surface area (Å²) < 4.78 is 61.1. The van der Waals surface area contributed by atoms with Crippen LogP contribution in [0, 0.1) is 0 Å². The Labute approximate surface area is 269 Å². The van der Waals surface area contributed by atoms with Crippen molar-refractivity contribution in [3.05, 3.63) is 88.5 Å². The largest absolute Gasteiger partial charge is 1.00 e. The maximum Gasteiger partial charge on any atom is 1.00 e. The fourth-order valence-electron chi connectivity index (χ4n) is 4.78. The van der Waals surface area contributed by atoms with E-state index in [9.17, 15) is 31.0 Å². The molecule has 1 amide bonds. The van der Waals surface area contributed by atoms with E-state index in [-0.39, 0.29) is 55.7 Å². The molecule has 9 nitrogen and oxygen atoms in total. The summed E-state index contributed by atoms with van der Waals surface area (Å²) >= 11 is 1.98. The smallest absolute Gasteiger partial charge is 0.744 e. The topological polar surface area (TPSA) is 141 Å². The summed E-state index contributed by atoms with van der Waals surface area (Å²) in [6.45, 7) is 4.72. The van der Waals surface area contributed by atoms with Crippen LogP contribution in [0.5, 0.6) is 0 Å². The number of carbonyl (C=O) groups excluding carboxylic acids is 2. The van der Waals surface area contributed by atoms with Crippen LogP contribution in [0.2, 0.25) is 0 Å². The first kappa shape index (κ1) is 32.7. The third-order valence-electron chi connectivity index (χ3n) is 6.70. The van der Waals surface area contributed by atoms with E-state index < -0.39 is 31.2 Å². The van der Waals surface area contributed by atoms with E-state index >= 15 is 0 Å². The number of benzene rings is 2. The number of fused-ring (bicyclic) bond motifs is 2. The van der Waals surface area contributed by atoms with Crippen molar-refractivity contribution >= 4 is 59.9 Å². The number of allylic oxidation sites excluding steroid dienone is 6. The molecular weight excluding hydrogens is 678 g/mol. The zero-order valence-electron chi connectivity index (χ0n) is 22.2. The van der Waals surface area contributed by atoms with Crippen LogP contribution in [0.15, 0.2) is 87.2 Å². The van der Waals surface area contributed by atoms with Gasteiger partial charge in [-0.15, -0.1) is 0 Å². The van der Waals surface area contributed by atoms with E-state index in [2.05, 4.69) is 5.32 Å². The van der Waals surface area contributed by atoms with Crippen molar-refractivity contribution in [2.75, 3.05) is 22.4 Å². The van der Waals surface area contributed by atoms with Gasteiger partial charge in [0.05, 0.1) is 14.2 Å². The second-order valence-corrected chi connectivity index (χ2v) is 13.6. The minimum Gasteiger partial charge on any atom is -0.744 e. The number of hydrogen-bond donors (Lipinski definition) is 1. The SMILES string of the molecule is CC1(C)\C(=C/C=C/C=C2/C(=O)c3ccccc3S2(=O)=O)N(CCCNC(=O)CI)c2ccc(S(=O)(=O)[O-])cc21.[Na+]. The van der Waals surface area contributed by atoms with Crippen LogP contribution < -0.4 is 39.8 Å². The van der Waals surface area contributed by atoms with Crippen LogP contribution in [0.3, 0.4) is 0 Å². The molecule has 206 valence electrons. The number of carbonyl (C=O) groups is 2. The number of nitrogens with one attached hydrogen (secondary N) is 1. The molecule has 0 bridgehead atoms. The minimum absolute atomic E-state index is 0. The summed E-state index contributed by atoms with van der Waals surface area (Å²) in [4.78, 5) is 25.6. The number of ketones is 1. The third-order valence-corrected chi connectivity index (χ3v) is 10.1. The number of amides is 1.